The van der Waals surface area contributed by atoms with Gasteiger partial charge in [-0.3, -0.25) is 29.5 Å². The first-order valence-corrected chi connectivity index (χ1v) is 12.0. The third-order valence-corrected chi connectivity index (χ3v) is 5.81. The summed E-state index contributed by atoms with van der Waals surface area (Å²) in [7, 11) is -1.40. The van der Waals surface area contributed by atoms with E-state index in [1.807, 2.05) is 18.2 Å². The molecule has 12 heteroatoms. The van der Waals surface area contributed by atoms with E-state index in [2.05, 4.69) is 45.8 Å². The molecule has 10 nitrogen and oxygen atoms in total. The maximum Gasteiger partial charge on any atom is 0.490 e. The molecule has 38 heavy (non-hydrogen) atoms. The van der Waals surface area contributed by atoms with Gasteiger partial charge in [0, 0.05) is 70.4 Å². The molecule has 0 aliphatic heterocycles. The van der Waals surface area contributed by atoms with E-state index in [1.54, 1.807) is 61.3 Å². The molecular formula is C26H20BBrN6O4. The predicted octanol–water partition coefficient (Wildman–Crippen LogP) is 2.43. The van der Waals surface area contributed by atoms with Crippen LogP contribution in [0, 0.1) is 0 Å². The van der Waals surface area contributed by atoms with Gasteiger partial charge < -0.3 is 20.0 Å². The first-order chi connectivity index (χ1) is 18.4. The van der Waals surface area contributed by atoms with Crippen molar-refractivity contribution in [3.05, 3.63) is 123 Å². The Bertz CT molecular complexity index is 1770. The van der Waals surface area contributed by atoms with Crippen LogP contribution in [0.1, 0.15) is 0 Å². The lowest BCUT2D eigenvalue weighted by atomic mass is 9.82. The van der Waals surface area contributed by atoms with E-state index in [-0.39, 0.29) is 11.1 Å². The Morgan fingerprint density at radius 2 is 1.29 bits per heavy atom. The van der Waals surface area contributed by atoms with Crippen molar-refractivity contribution >= 4 is 50.6 Å². The van der Waals surface area contributed by atoms with Crippen molar-refractivity contribution < 1.29 is 10.0 Å². The molecule has 0 amide bonds. The number of hydrogen-bond donors (Lipinski definition) is 4. The van der Waals surface area contributed by atoms with Crippen LogP contribution < -0.4 is 16.6 Å². The molecule has 0 fully saturated rings. The molecule has 0 aromatic carbocycles. The summed E-state index contributed by atoms with van der Waals surface area (Å²) in [6.07, 6.45) is 9.87. The third kappa shape index (κ3) is 6.82. The Kier molecular flexibility index (Phi) is 8.83. The van der Waals surface area contributed by atoms with Gasteiger partial charge in [0.2, 0.25) is 11.1 Å². The zero-order chi connectivity index (χ0) is 26.9. The van der Waals surface area contributed by atoms with Crippen LogP contribution in [-0.4, -0.2) is 47.1 Å². The topological polar surface area (TPSA) is 158 Å². The van der Waals surface area contributed by atoms with Crippen molar-refractivity contribution in [3.63, 3.8) is 0 Å². The van der Waals surface area contributed by atoms with Gasteiger partial charge in [-0.1, -0.05) is 12.1 Å². The molecule has 0 spiro atoms. The number of nitrogens with zero attached hydrogens (tertiary/aromatic N) is 4. The molecule has 6 aromatic rings. The van der Waals surface area contributed by atoms with Crippen LogP contribution in [0.15, 0.2) is 112 Å². The number of H-pyrrole nitrogens is 2. The summed E-state index contributed by atoms with van der Waals surface area (Å²) >= 11 is 3.32. The van der Waals surface area contributed by atoms with E-state index >= 15 is 0 Å². The van der Waals surface area contributed by atoms with Crippen molar-refractivity contribution in [3.8, 4) is 11.1 Å². The lowest BCUT2D eigenvalue weighted by Gasteiger charge is -2.04. The number of fused-ring (bicyclic) bond motifs is 2. The quantitative estimate of drug-likeness (QED) is 0.231. The molecule has 6 heterocycles. The molecule has 6 rings (SSSR count). The highest BCUT2D eigenvalue weighted by Crippen LogP contribution is 2.23. The average molecular weight is 571 g/mol. The fraction of sp³-hybridized carbons (Fsp3) is 0. The van der Waals surface area contributed by atoms with E-state index in [9.17, 15) is 9.59 Å². The fourth-order valence-corrected chi connectivity index (χ4v) is 3.79. The van der Waals surface area contributed by atoms with Gasteiger partial charge in [-0.15, -0.1) is 0 Å². The first kappa shape index (κ1) is 26.5. The highest BCUT2D eigenvalue weighted by molar-refractivity contribution is 9.10. The minimum Gasteiger partial charge on any atom is -0.423 e. The molecule has 0 aliphatic rings. The summed E-state index contributed by atoms with van der Waals surface area (Å²) in [5.41, 5.74) is 5.10. The van der Waals surface area contributed by atoms with Gasteiger partial charge in [0.15, 0.2) is 0 Å². The fourth-order valence-electron chi connectivity index (χ4n) is 3.37. The van der Waals surface area contributed by atoms with E-state index in [1.165, 1.54) is 18.3 Å². The van der Waals surface area contributed by atoms with Crippen LogP contribution in [0.2, 0.25) is 0 Å². The second kappa shape index (κ2) is 12.6. The zero-order valence-electron chi connectivity index (χ0n) is 19.7. The largest absolute Gasteiger partial charge is 0.490 e. The molecule has 4 N–H and O–H groups in total. The van der Waals surface area contributed by atoms with Gasteiger partial charge in [-0.2, -0.15) is 0 Å². The molecule has 0 radical (unpaired) electrons. The molecular weight excluding hydrogens is 551 g/mol. The Morgan fingerprint density at radius 1 is 0.684 bits per heavy atom. The molecule has 6 aromatic heterocycles. The Labute approximate surface area is 224 Å². The number of rotatable bonds is 2. The Balaban J connectivity index is 0.000000141. The molecule has 0 saturated heterocycles. The predicted molar refractivity (Wildman–Crippen MR) is 150 cm³/mol. The lowest BCUT2D eigenvalue weighted by molar-refractivity contribution is 0.425. The molecule has 0 atom stereocenters. The summed E-state index contributed by atoms with van der Waals surface area (Å²) < 4.78 is 0.852. The molecule has 0 bridgehead atoms. The van der Waals surface area contributed by atoms with Crippen LogP contribution in [0.5, 0.6) is 0 Å². The smallest absolute Gasteiger partial charge is 0.423 e. The minimum absolute atomic E-state index is 0.115. The van der Waals surface area contributed by atoms with Gasteiger partial charge in [-0.25, -0.2) is 0 Å². The summed E-state index contributed by atoms with van der Waals surface area (Å²) in [5, 5.41) is 17.1. The van der Waals surface area contributed by atoms with Gasteiger partial charge >= 0.3 is 7.12 Å². The second-order valence-corrected chi connectivity index (χ2v) is 8.57. The van der Waals surface area contributed by atoms with Crippen molar-refractivity contribution in [2.75, 3.05) is 0 Å². The summed E-state index contributed by atoms with van der Waals surface area (Å²) in [6.45, 7) is 0. The molecule has 0 aliphatic carbocycles. The number of hydrogen-bond acceptors (Lipinski definition) is 8. The monoisotopic (exact) mass is 570 g/mol. The summed E-state index contributed by atoms with van der Waals surface area (Å²) in [6, 6.07) is 17.1. The number of nitrogens with one attached hydrogen (secondary N) is 2. The Morgan fingerprint density at radius 3 is 1.87 bits per heavy atom. The Hall–Kier alpha value is -4.52. The lowest BCUT2D eigenvalue weighted by Crippen LogP contribution is -2.29. The zero-order valence-corrected chi connectivity index (χ0v) is 21.3. The van der Waals surface area contributed by atoms with Gasteiger partial charge in [0.1, 0.15) is 0 Å². The normalized spacial score (nSPS) is 10.2. The number of aromatic amines is 2. The van der Waals surface area contributed by atoms with Crippen LogP contribution >= 0.6 is 15.9 Å². The summed E-state index contributed by atoms with van der Waals surface area (Å²) in [5.74, 6) is 0. The number of halogens is 1. The van der Waals surface area contributed by atoms with Gasteiger partial charge in [-0.05, 0) is 52.3 Å². The average Bonchev–Trinajstić information content (AvgIpc) is 2.95. The van der Waals surface area contributed by atoms with Gasteiger partial charge in [0.05, 0.1) is 22.1 Å². The highest BCUT2D eigenvalue weighted by atomic mass is 79.9. The van der Waals surface area contributed by atoms with Crippen molar-refractivity contribution in [2.24, 2.45) is 0 Å². The standard InChI is InChI=1S/C13H9N3O.C8H5BrN2O.C5H6BNO2/c17-12-4-3-11-13(16-12)10(5-7-15-11)9-2-1-6-14-8-9;9-5-3-4-10-6-1-2-7(12)11-8(5)6;8-6(9)5-2-1-3-7-4-5/h1-8H,(H,16,17);1-4H,(H,11,12);1-4,8-9H. The van der Waals surface area contributed by atoms with Crippen LogP contribution in [-0.2, 0) is 0 Å². The minimum atomic E-state index is -1.40. The van der Waals surface area contributed by atoms with E-state index in [4.69, 9.17) is 10.0 Å². The maximum atomic E-state index is 11.4. The number of pyridine rings is 6. The molecule has 0 unspecified atom stereocenters. The van der Waals surface area contributed by atoms with Crippen LogP contribution in [0.3, 0.4) is 0 Å². The SMILES string of the molecule is O=c1ccc2nccc(-c3cccnc3)c2[nH]1.O=c1ccc2nccc(Br)c2[nH]1.OB(O)c1cccnc1. The van der Waals surface area contributed by atoms with Crippen LogP contribution in [0.4, 0.5) is 0 Å². The van der Waals surface area contributed by atoms with E-state index < -0.39 is 7.12 Å². The second-order valence-electron chi connectivity index (χ2n) is 7.72. The van der Waals surface area contributed by atoms with Crippen molar-refractivity contribution in [1.29, 1.82) is 0 Å². The number of aromatic nitrogens is 6. The van der Waals surface area contributed by atoms with Crippen LogP contribution in [0.25, 0.3) is 33.2 Å². The highest BCUT2D eigenvalue weighted by Gasteiger charge is 2.08. The van der Waals surface area contributed by atoms with E-state index in [0.717, 1.165) is 37.7 Å². The summed E-state index contributed by atoms with van der Waals surface area (Å²) in [4.78, 5) is 43.9. The third-order valence-electron chi connectivity index (χ3n) is 5.15. The maximum absolute atomic E-state index is 11.4. The first-order valence-electron chi connectivity index (χ1n) is 11.2. The molecule has 0 saturated carbocycles. The molecule has 188 valence electrons. The van der Waals surface area contributed by atoms with Gasteiger partial charge in [0.25, 0.3) is 0 Å². The van der Waals surface area contributed by atoms with Crippen molar-refractivity contribution in [1.82, 2.24) is 29.9 Å². The van der Waals surface area contributed by atoms with E-state index in [0.29, 0.717) is 5.46 Å². The van der Waals surface area contributed by atoms with Crippen molar-refractivity contribution in [2.45, 2.75) is 0 Å².